The summed E-state index contributed by atoms with van der Waals surface area (Å²) in [6, 6.07) is 6.62. The maximum Gasteiger partial charge on any atom is 0.352 e. The van der Waals surface area contributed by atoms with E-state index in [9.17, 15) is 23.7 Å². The molecule has 1 fully saturated rings. The third-order valence-electron chi connectivity index (χ3n) is 4.26. The number of hydrogen-bond acceptors (Lipinski definition) is 5. The van der Waals surface area contributed by atoms with Gasteiger partial charge in [-0.15, -0.1) is 12.4 Å². The Balaban J connectivity index is 0.00000243. The molecule has 140 valence electrons. The lowest BCUT2D eigenvalue weighted by Crippen LogP contribution is -2.73. The van der Waals surface area contributed by atoms with Crippen molar-refractivity contribution in [1.82, 2.24) is 10.2 Å². The Hall–Kier alpha value is -2.23. The number of aliphatic carboxylic acids is 1. The number of carboxylic acid groups (broad SMARTS) is 1. The second kappa shape index (κ2) is 7.56. The summed E-state index contributed by atoms with van der Waals surface area (Å²) in [5.41, 5.74) is 6.69. The highest BCUT2D eigenvalue weighted by molar-refractivity contribution is 7.86. The van der Waals surface area contributed by atoms with E-state index in [1.54, 1.807) is 30.3 Å². The van der Waals surface area contributed by atoms with Crippen molar-refractivity contribution in [3.05, 3.63) is 47.2 Å². The minimum absolute atomic E-state index is 0. The Morgan fingerprint density at radius 1 is 1.35 bits per heavy atom. The highest BCUT2D eigenvalue weighted by Gasteiger charge is 2.56. The monoisotopic (exact) mass is 399 g/mol. The molecule has 0 radical (unpaired) electrons. The quantitative estimate of drug-likeness (QED) is 0.605. The van der Waals surface area contributed by atoms with Gasteiger partial charge in [-0.05, 0) is 18.1 Å². The minimum Gasteiger partial charge on any atom is -0.477 e. The summed E-state index contributed by atoms with van der Waals surface area (Å²) in [6.45, 7) is 1.53. The highest BCUT2D eigenvalue weighted by atomic mass is 35.5. The number of nitrogens with zero attached hydrogens (tertiary/aromatic N) is 1. The number of amides is 2. The maximum absolute atomic E-state index is 12.3. The Kier molecular flexibility index (Phi) is 5.84. The van der Waals surface area contributed by atoms with Gasteiger partial charge in [-0.3, -0.25) is 18.7 Å². The van der Waals surface area contributed by atoms with Crippen LogP contribution in [0.1, 0.15) is 18.5 Å². The molecule has 26 heavy (non-hydrogen) atoms. The van der Waals surface area contributed by atoms with E-state index in [-0.39, 0.29) is 23.9 Å². The Bertz CT molecular complexity index is 813. The first-order chi connectivity index (χ1) is 11.8. The van der Waals surface area contributed by atoms with Gasteiger partial charge in [0.05, 0.1) is 10.8 Å². The summed E-state index contributed by atoms with van der Waals surface area (Å²) in [7, 11) is -1.49. The van der Waals surface area contributed by atoms with Gasteiger partial charge < -0.3 is 16.2 Å². The van der Waals surface area contributed by atoms with E-state index < -0.39 is 46.0 Å². The second-order valence-corrected chi connectivity index (χ2v) is 7.47. The molecule has 4 N–H and O–H groups in total. The fraction of sp³-hybridized carbons (Fsp3) is 0.312. The number of carbonyl (C=O) groups is 3. The molecular weight excluding hydrogens is 382 g/mol. The zero-order chi connectivity index (χ0) is 18.3. The van der Waals surface area contributed by atoms with Crippen LogP contribution >= 0.6 is 12.4 Å². The minimum atomic E-state index is -1.49. The van der Waals surface area contributed by atoms with Crippen molar-refractivity contribution in [1.29, 1.82) is 0 Å². The van der Waals surface area contributed by atoms with Gasteiger partial charge in [-0.1, -0.05) is 30.3 Å². The Labute approximate surface area is 158 Å². The summed E-state index contributed by atoms with van der Waals surface area (Å²) in [4.78, 5) is 37.0. The summed E-state index contributed by atoms with van der Waals surface area (Å²) in [5.74, 6) is -2.38. The number of halogens is 1. The maximum atomic E-state index is 12.3. The van der Waals surface area contributed by atoms with Crippen molar-refractivity contribution < 1.29 is 23.7 Å². The van der Waals surface area contributed by atoms with Crippen LogP contribution in [0.15, 0.2) is 41.6 Å². The molecule has 0 bridgehead atoms. The number of carbonyl (C=O) groups excluding carboxylic acids is 2. The lowest BCUT2D eigenvalue weighted by molar-refractivity contribution is -0.151. The molecule has 10 heteroatoms. The van der Waals surface area contributed by atoms with Crippen molar-refractivity contribution in [2.45, 2.75) is 24.4 Å². The molecule has 1 saturated heterocycles. The lowest BCUT2D eigenvalue weighted by Gasteiger charge is -2.49. The SMILES string of the molecule is CC1=C(C(=O)O)N2C(=O)[C@@H](NC(=O)[C@H](N)c3ccccc3)[C@H]2[S@@](=O)C1.Cl. The molecule has 2 aliphatic heterocycles. The van der Waals surface area contributed by atoms with Crippen molar-refractivity contribution in [2.24, 2.45) is 5.73 Å². The third-order valence-corrected chi connectivity index (χ3v) is 6.00. The number of fused-ring (bicyclic) bond motifs is 1. The van der Waals surface area contributed by atoms with Crippen LogP contribution in [0.4, 0.5) is 0 Å². The summed E-state index contributed by atoms with van der Waals surface area (Å²) in [6.07, 6.45) is 0. The molecule has 0 aromatic heterocycles. The van der Waals surface area contributed by atoms with E-state index in [1.807, 2.05) is 0 Å². The van der Waals surface area contributed by atoms with E-state index in [4.69, 9.17) is 5.73 Å². The lowest BCUT2D eigenvalue weighted by atomic mass is 10.0. The Morgan fingerprint density at radius 3 is 2.54 bits per heavy atom. The predicted octanol–water partition coefficient (Wildman–Crippen LogP) is -0.118. The highest BCUT2D eigenvalue weighted by Crippen LogP contribution is 2.34. The molecule has 3 rings (SSSR count). The standard InChI is InChI=1S/C16H17N3O5S.ClH/c1-8-7-25(24)15-11(14(21)19(15)12(8)16(22)23)18-13(20)10(17)9-5-3-2-4-6-9;/h2-6,10-11,15H,7,17H2,1H3,(H,18,20)(H,22,23);1H/t10-,11-,15-,25+;/m1./s1. The summed E-state index contributed by atoms with van der Waals surface area (Å²) < 4.78 is 12.3. The molecular formula is C16H18ClN3O5S. The number of nitrogens with one attached hydrogen (secondary N) is 1. The van der Waals surface area contributed by atoms with Gasteiger partial charge in [0.15, 0.2) is 0 Å². The number of nitrogens with two attached hydrogens (primary N) is 1. The second-order valence-electron chi connectivity index (χ2n) is 5.93. The first kappa shape index (κ1) is 20.1. The number of hydrogen-bond donors (Lipinski definition) is 3. The zero-order valence-electron chi connectivity index (χ0n) is 13.7. The molecule has 1 aromatic rings. The van der Waals surface area contributed by atoms with Crippen molar-refractivity contribution in [3.63, 3.8) is 0 Å². The van der Waals surface area contributed by atoms with Gasteiger partial charge in [-0.2, -0.15) is 0 Å². The predicted molar refractivity (Wildman–Crippen MR) is 96.5 cm³/mol. The van der Waals surface area contributed by atoms with Gasteiger partial charge in [-0.25, -0.2) is 4.79 Å². The van der Waals surface area contributed by atoms with E-state index in [1.165, 1.54) is 6.92 Å². The Morgan fingerprint density at radius 2 is 1.96 bits per heavy atom. The van der Waals surface area contributed by atoms with Gasteiger partial charge in [0.25, 0.3) is 5.91 Å². The third kappa shape index (κ3) is 3.25. The first-order valence-electron chi connectivity index (χ1n) is 7.57. The van der Waals surface area contributed by atoms with Gasteiger partial charge >= 0.3 is 5.97 Å². The molecule has 4 atom stereocenters. The van der Waals surface area contributed by atoms with E-state index in [2.05, 4.69) is 5.32 Å². The summed E-state index contributed by atoms with van der Waals surface area (Å²) >= 11 is 0. The average Bonchev–Trinajstić information content (AvgIpc) is 2.58. The molecule has 0 saturated carbocycles. The van der Waals surface area contributed by atoms with Crippen molar-refractivity contribution in [2.75, 3.05) is 5.75 Å². The molecule has 2 heterocycles. The first-order valence-corrected chi connectivity index (χ1v) is 8.95. The number of carboxylic acids is 1. The summed E-state index contributed by atoms with van der Waals surface area (Å²) in [5, 5.41) is 10.9. The number of β-lactam (4-membered cyclic amide) rings is 1. The topological polar surface area (TPSA) is 130 Å². The van der Waals surface area contributed by atoms with Crippen molar-refractivity contribution in [3.8, 4) is 0 Å². The van der Waals surface area contributed by atoms with Crippen LogP contribution in [-0.2, 0) is 25.2 Å². The molecule has 8 nitrogen and oxygen atoms in total. The van der Waals surface area contributed by atoms with Crippen LogP contribution in [0.3, 0.4) is 0 Å². The molecule has 0 unspecified atom stereocenters. The molecule has 0 spiro atoms. The van der Waals surface area contributed by atoms with Gasteiger partial charge in [0, 0.05) is 5.75 Å². The average molecular weight is 400 g/mol. The normalized spacial score (nSPS) is 25.5. The fourth-order valence-corrected chi connectivity index (χ4v) is 4.68. The fourth-order valence-electron chi connectivity index (χ4n) is 3.02. The largest absolute Gasteiger partial charge is 0.477 e. The molecule has 2 amide bonds. The zero-order valence-corrected chi connectivity index (χ0v) is 15.4. The molecule has 0 aliphatic carbocycles. The van der Waals surface area contributed by atoms with Crippen LogP contribution < -0.4 is 11.1 Å². The van der Waals surface area contributed by atoms with Crippen LogP contribution in [0.5, 0.6) is 0 Å². The van der Waals surface area contributed by atoms with Crippen LogP contribution in [0.2, 0.25) is 0 Å². The number of benzene rings is 1. The van der Waals surface area contributed by atoms with E-state index in [0.29, 0.717) is 11.1 Å². The van der Waals surface area contributed by atoms with Crippen LogP contribution in [0.25, 0.3) is 0 Å². The molecule has 2 aliphatic rings. The van der Waals surface area contributed by atoms with E-state index >= 15 is 0 Å². The van der Waals surface area contributed by atoms with Gasteiger partial charge in [0.2, 0.25) is 5.91 Å². The van der Waals surface area contributed by atoms with Crippen LogP contribution in [-0.4, -0.2) is 49.2 Å². The molecule has 1 aromatic carbocycles. The van der Waals surface area contributed by atoms with Crippen molar-refractivity contribution >= 4 is 41.0 Å². The van der Waals surface area contributed by atoms with E-state index in [0.717, 1.165) is 4.90 Å². The van der Waals surface area contributed by atoms with Crippen LogP contribution in [0, 0.1) is 0 Å². The number of rotatable bonds is 4. The van der Waals surface area contributed by atoms with Gasteiger partial charge in [0.1, 0.15) is 23.2 Å². The smallest absolute Gasteiger partial charge is 0.352 e.